The minimum absolute atomic E-state index is 0.493. The van der Waals surface area contributed by atoms with Crippen LogP contribution in [0, 0.1) is 0 Å². The normalized spacial score (nSPS) is 24.4. The summed E-state index contributed by atoms with van der Waals surface area (Å²) in [5.74, 6) is 0.619. The number of benzene rings is 1. The molecular formula is C16H25NO. The predicted octanol–water partition coefficient (Wildman–Crippen LogP) is 3.12. The van der Waals surface area contributed by atoms with E-state index in [9.17, 15) is 0 Å². The van der Waals surface area contributed by atoms with E-state index in [-0.39, 0.29) is 0 Å². The number of nitrogens with one attached hydrogen (secondary N) is 1. The quantitative estimate of drug-likeness (QED) is 0.882. The Bertz CT molecular complexity index is 358. The molecule has 0 spiro atoms. The number of hydrogen-bond acceptors (Lipinski definition) is 2. The SMILES string of the molecule is CC1COCC(CCc2ccc(C(C)C)cc2)N1. The third-order valence-corrected chi connectivity index (χ3v) is 3.63. The molecule has 1 aliphatic rings. The molecule has 1 heterocycles. The summed E-state index contributed by atoms with van der Waals surface area (Å²) < 4.78 is 5.57. The Kier molecular flexibility index (Phi) is 4.79. The smallest absolute Gasteiger partial charge is 0.0620 e. The number of rotatable bonds is 4. The van der Waals surface area contributed by atoms with Crippen molar-refractivity contribution < 1.29 is 4.74 Å². The van der Waals surface area contributed by atoms with E-state index in [4.69, 9.17) is 4.74 Å². The highest BCUT2D eigenvalue weighted by Crippen LogP contribution is 2.16. The Morgan fingerprint density at radius 1 is 1.22 bits per heavy atom. The van der Waals surface area contributed by atoms with E-state index < -0.39 is 0 Å². The van der Waals surface area contributed by atoms with Gasteiger partial charge in [0.2, 0.25) is 0 Å². The molecule has 2 unspecified atom stereocenters. The molecule has 0 aliphatic carbocycles. The molecule has 2 heteroatoms. The second-order valence-electron chi connectivity index (χ2n) is 5.74. The van der Waals surface area contributed by atoms with Crippen LogP contribution in [0.4, 0.5) is 0 Å². The fraction of sp³-hybridized carbons (Fsp3) is 0.625. The largest absolute Gasteiger partial charge is 0.378 e. The van der Waals surface area contributed by atoms with Gasteiger partial charge in [-0.15, -0.1) is 0 Å². The van der Waals surface area contributed by atoms with Crippen molar-refractivity contribution in [3.8, 4) is 0 Å². The molecule has 1 aliphatic heterocycles. The summed E-state index contributed by atoms with van der Waals surface area (Å²) in [7, 11) is 0. The maximum atomic E-state index is 5.57. The summed E-state index contributed by atoms with van der Waals surface area (Å²) in [5, 5.41) is 3.59. The van der Waals surface area contributed by atoms with Gasteiger partial charge in [0, 0.05) is 12.1 Å². The third kappa shape index (κ3) is 3.82. The zero-order chi connectivity index (χ0) is 13.0. The summed E-state index contributed by atoms with van der Waals surface area (Å²) >= 11 is 0. The molecule has 2 atom stereocenters. The van der Waals surface area contributed by atoms with Gasteiger partial charge in [-0.1, -0.05) is 38.1 Å². The van der Waals surface area contributed by atoms with Crippen molar-refractivity contribution in [1.82, 2.24) is 5.32 Å². The van der Waals surface area contributed by atoms with Crippen LogP contribution in [-0.4, -0.2) is 25.3 Å². The first-order valence-electron chi connectivity index (χ1n) is 7.08. The van der Waals surface area contributed by atoms with Crippen LogP contribution in [0.1, 0.15) is 44.2 Å². The zero-order valence-electron chi connectivity index (χ0n) is 11.8. The van der Waals surface area contributed by atoms with Crippen LogP contribution in [0.25, 0.3) is 0 Å². The topological polar surface area (TPSA) is 21.3 Å². The van der Waals surface area contributed by atoms with Gasteiger partial charge in [-0.25, -0.2) is 0 Å². The van der Waals surface area contributed by atoms with Crippen molar-refractivity contribution in [1.29, 1.82) is 0 Å². The van der Waals surface area contributed by atoms with Gasteiger partial charge >= 0.3 is 0 Å². The van der Waals surface area contributed by atoms with Crippen LogP contribution in [0.3, 0.4) is 0 Å². The lowest BCUT2D eigenvalue weighted by molar-refractivity contribution is 0.0483. The molecule has 1 fully saturated rings. The van der Waals surface area contributed by atoms with Crippen molar-refractivity contribution >= 4 is 0 Å². The molecule has 0 bridgehead atoms. The van der Waals surface area contributed by atoms with Gasteiger partial charge in [-0.05, 0) is 36.8 Å². The van der Waals surface area contributed by atoms with Gasteiger partial charge < -0.3 is 10.1 Å². The van der Waals surface area contributed by atoms with Crippen LogP contribution in [0.5, 0.6) is 0 Å². The van der Waals surface area contributed by atoms with Crippen molar-refractivity contribution in [2.75, 3.05) is 13.2 Å². The summed E-state index contributed by atoms with van der Waals surface area (Å²) in [4.78, 5) is 0. The molecule has 18 heavy (non-hydrogen) atoms. The van der Waals surface area contributed by atoms with E-state index in [1.54, 1.807) is 0 Å². The predicted molar refractivity (Wildman–Crippen MR) is 76.1 cm³/mol. The summed E-state index contributed by atoms with van der Waals surface area (Å²) in [6, 6.07) is 10.1. The molecule has 2 nitrogen and oxygen atoms in total. The third-order valence-electron chi connectivity index (χ3n) is 3.63. The Labute approximate surface area is 111 Å². The molecule has 1 aromatic rings. The number of morpholine rings is 1. The van der Waals surface area contributed by atoms with Crippen LogP contribution in [0.15, 0.2) is 24.3 Å². The lowest BCUT2D eigenvalue weighted by Gasteiger charge is -2.29. The van der Waals surface area contributed by atoms with Gasteiger partial charge in [-0.2, -0.15) is 0 Å². The van der Waals surface area contributed by atoms with Gasteiger partial charge in [0.25, 0.3) is 0 Å². The Morgan fingerprint density at radius 3 is 2.56 bits per heavy atom. The molecule has 0 amide bonds. The Balaban J connectivity index is 1.82. The molecule has 0 radical (unpaired) electrons. The first-order chi connectivity index (χ1) is 8.65. The van der Waals surface area contributed by atoms with E-state index in [0.717, 1.165) is 26.1 Å². The summed E-state index contributed by atoms with van der Waals surface area (Å²) in [5.41, 5.74) is 2.85. The van der Waals surface area contributed by atoms with Gasteiger partial charge in [0.15, 0.2) is 0 Å². The molecule has 1 aromatic carbocycles. The minimum atomic E-state index is 0.493. The first-order valence-corrected chi connectivity index (χ1v) is 7.08. The summed E-state index contributed by atoms with van der Waals surface area (Å²) in [6.45, 7) is 8.36. The Morgan fingerprint density at radius 2 is 1.94 bits per heavy atom. The molecule has 2 rings (SSSR count). The average molecular weight is 247 g/mol. The monoisotopic (exact) mass is 247 g/mol. The zero-order valence-corrected chi connectivity index (χ0v) is 11.8. The molecule has 100 valence electrons. The highest BCUT2D eigenvalue weighted by Gasteiger charge is 2.17. The molecule has 1 N–H and O–H groups in total. The maximum absolute atomic E-state index is 5.57. The van der Waals surface area contributed by atoms with Crippen molar-refractivity contribution in [2.24, 2.45) is 0 Å². The molecule has 0 saturated carbocycles. The van der Waals surface area contributed by atoms with E-state index in [2.05, 4.69) is 50.4 Å². The molecule has 0 aromatic heterocycles. The summed E-state index contributed by atoms with van der Waals surface area (Å²) in [6.07, 6.45) is 2.29. The van der Waals surface area contributed by atoms with E-state index in [0.29, 0.717) is 18.0 Å². The highest BCUT2D eigenvalue weighted by molar-refractivity contribution is 5.24. The van der Waals surface area contributed by atoms with E-state index in [1.807, 2.05) is 0 Å². The Hall–Kier alpha value is -0.860. The lowest BCUT2D eigenvalue weighted by Crippen LogP contribution is -2.47. The first kappa shape index (κ1) is 13.6. The van der Waals surface area contributed by atoms with Crippen molar-refractivity contribution in [3.63, 3.8) is 0 Å². The van der Waals surface area contributed by atoms with Crippen molar-refractivity contribution in [2.45, 2.75) is 51.6 Å². The molecule has 1 saturated heterocycles. The average Bonchev–Trinajstić information content (AvgIpc) is 2.37. The minimum Gasteiger partial charge on any atom is -0.378 e. The molecular weight excluding hydrogens is 222 g/mol. The fourth-order valence-electron chi connectivity index (χ4n) is 2.46. The number of aryl methyl sites for hydroxylation is 1. The second-order valence-corrected chi connectivity index (χ2v) is 5.74. The van der Waals surface area contributed by atoms with E-state index in [1.165, 1.54) is 11.1 Å². The highest BCUT2D eigenvalue weighted by atomic mass is 16.5. The lowest BCUT2D eigenvalue weighted by atomic mass is 9.99. The van der Waals surface area contributed by atoms with Gasteiger partial charge in [0.05, 0.1) is 13.2 Å². The van der Waals surface area contributed by atoms with Gasteiger partial charge in [0.1, 0.15) is 0 Å². The van der Waals surface area contributed by atoms with Crippen LogP contribution in [0.2, 0.25) is 0 Å². The number of ether oxygens (including phenoxy) is 1. The number of hydrogen-bond donors (Lipinski definition) is 1. The van der Waals surface area contributed by atoms with Crippen LogP contribution < -0.4 is 5.32 Å². The fourth-order valence-corrected chi connectivity index (χ4v) is 2.46. The van der Waals surface area contributed by atoms with Crippen LogP contribution >= 0.6 is 0 Å². The standard InChI is InChI=1S/C16H25NO/c1-12(2)15-7-4-14(5-8-15)6-9-16-11-18-10-13(3)17-16/h4-5,7-8,12-13,16-17H,6,9-11H2,1-3H3. The second kappa shape index (κ2) is 6.35. The van der Waals surface area contributed by atoms with Crippen molar-refractivity contribution in [3.05, 3.63) is 35.4 Å². The van der Waals surface area contributed by atoms with Gasteiger partial charge in [-0.3, -0.25) is 0 Å². The van der Waals surface area contributed by atoms with E-state index >= 15 is 0 Å². The maximum Gasteiger partial charge on any atom is 0.0620 e. The van der Waals surface area contributed by atoms with Crippen LogP contribution in [-0.2, 0) is 11.2 Å².